The lowest BCUT2D eigenvalue weighted by Crippen LogP contribution is -2.27. The molecule has 0 spiro atoms. The second-order valence-electron chi connectivity index (χ2n) is 7.02. The number of aliphatic hydroxyl groups is 1. The molecule has 0 aliphatic carbocycles. The number of likely N-dealkylation sites (N-methyl/N-ethyl adjacent to an activating group) is 1. The molecule has 0 atom stereocenters. The minimum Gasteiger partial charge on any atom is -0.466 e. The van der Waals surface area contributed by atoms with Crippen LogP contribution < -0.4 is 0 Å². The fourth-order valence-electron chi connectivity index (χ4n) is 3.02. The average molecular weight is 358 g/mol. The predicted octanol–water partition coefficient (Wildman–Crippen LogP) is 4.94. The molecule has 4 heteroatoms. The Labute approximate surface area is 156 Å². The van der Waals surface area contributed by atoms with Crippen LogP contribution in [0.25, 0.3) is 0 Å². The molecule has 0 aromatic heterocycles. The molecular formula is C21H43NO3. The van der Waals surface area contributed by atoms with E-state index in [0.717, 1.165) is 38.9 Å². The summed E-state index contributed by atoms with van der Waals surface area (Å²) in [6.07, 6.45) is 14.9. The predicted molar refractivity (Wildman–Crippen MR) is 106 cm³/mol. The summed E-state index contributed by atoms with van der Waals surface area (Å²) in [7, 11) is 0. The van der Waals surface area contributed by atoms with E-state index in [9.17, 15) is 4.79 Å². The highest BCUT2D eigenvalue weighted by molar-refractivity contribution is 5.69. The molecule has 0 saturated carbocycles. The van der Waals surface area contributed by atoms with Crippen molar-refractivity contribution in [1.29, 1.82) is 0 Å². The molecule has 0 amide bonds. The average Bonchev–Trinajstić information content (AvgIpc) is 2.62. The Morgan fingerprint density at radius 2 is 1.40 bits per heavy atom. The van der Waals surface area contributed by atoms with Crippen LogP contribution in [0, 0.1) is 0 Å². The van der Waals surface area contributed by atoms with E-state index in [-0.39, 0.29) is 12.6 Å². The summed E-state index contributed by atoms with van der Waals surface area (Å²) < 4.78 is 5.30. The molecule has 25 heavy (non-hydrogen) atoms. The van der Waals surface area contributed by atoms with Crippen molar-refractivity contribution in [1.82, 2.24) is 4.90 Å². The van der Waals surface area contributed by atoms with Gasteiger partial charge in [-0.15, -0.1) is 0 Å². The lowest BCUT2D eigenvalue weighted by atomic mass is 10.1. The third-order valence-electron chi connectivity index (χ3n) is 4.73. The molecule has 0 saturated heterocycles. The smallest absolute Gasteiger partial charge is 0.305 e. The number of esters is 1. The fraction of sp³-hybridized carbons (Fsp3) is 0.952. The molecule has 0 bridgehead atoms. The van der Waals surface area contributed by atoms with Crippen molar-refractivity contribution in [2.45, 2.75) is 97.3 Å². The lowest BCUT2D eigenvalue weighted by Gasteiger charge is -2.18. The highest BCUT2D eigenvalue weighted by atomic mass is 16.5. The maximum Gasteiger partial charge on any atom is 0.305 e. The Balaban J connectivity index is 3.27. The number of unbranched alkanes of at least 4 members (excludes halogenated alkanes) is 10. The minimum absolute atomic E-state index is 0.0221. The number of hydrogen-bond acceptors (Lipinski definition) is 4. The standard InChI is InChI=1S/C21H43NO3/c1-3-5-6-7-8-12-15-20-25-21(24)16-13-10-9-11-14-17-22(4-2)18-19-23/h23H,3-20H2,1-2H3. The maximum atomic E-state index is 11.7. The van der Waals surface area contributed by atoms with Gasteiger partial charge in [-0.25, -0.2) is 0 Å². The van der Waals surface area contributed by atoms with Crippen molar-refractivity contribution < 1.29 is 14.6 Å². The Bertz CT molecular complexity index is 284. The van der Waals surface area contributed by atoms with Gasteiger partial charge in [-0.05, 0) is 32.4 Å². The first-order chi connectivity index (χ1) is 12.2. The number of ether oxygens (including phenoxy) is 1. The van der Waals surface area contributed by atoms with Crippen molar-refractivity contribution in [3.8, 4) is 0 Å². The summed E-state index contributed by atoms with van der Waals surface area (Å²) in [5, 5.41) is 8.94. The molecule has 4 nitrogen and oxygen atoms in total. The number of carbonyl (C=O) groups excluding carboxylic acids is 1. The van der Waals surface area contributed by atoms with Gasteiger partial charge in [-0.2, -0.15) is 0 Å². The summed E-state index contributed by atoms with van der Waals surface area (Å²) in [5.41, 5.74) is 0. The van der Waals surface area contributed by atoms with E-state index in [1.165, 1.54) is 57.8 Å². The SMILES string of the molecule is CCCCCCCCCOC(=O)CCCCCCCN(CC)CCO. The number of carbonyl (C=O) groups is 1. The highest BCUT2D eigenvalue weighted by Crippen LogP contribution is 2.09. The third-order valence-corrected chi connectivity index (χ3v) is 4.73. The maximum absolute atomic E-state index is 11.7. The molecule has 0 fully saturated rings. The van der Waals surface area contributed by atoms with Crippen LogP contribution in [0.1, 0.15) is 97.3 Å². The molecule has 0 aromatic carbocycles. The zero-order valence-electron chi connectivity index (χ0n) is 16.9. The van der Waals surface area contributed by atoms with E-state index in [1.807, 2.05) is 0 Å². The van der Waals surface area contributed by atoms with Gasteiger partial charge < -0.3 is 14.7 Å². The number of aliphatic hydroxyl groups excluding tert-OH is 1. The Morgan fingerprint density at radius 1 is 0.800 bits per heavy atom. The summed E-state index contributed by atoms with van der Waals surface area (Å²) in [5.74, 6) is -0.0221. The molecular weight excluding hydrogens is 314 g/mol. The first-order valence-corrected chi connectivity index (χ1v) is 10.7. The summed E-state index contributed by atoms with van der Waals surface area (Å²) >= 11 is 0. The monoisotopic (exact) mass is 357 g/mol. The third kappa shape index (κ3) is 18.0. The quantitative estimate of drug-likeness (QED) is 0.263. The number of nitrogens with zero attached hydrogens (tertiary/aromatic N) is 1. The van der Waals surface area contributed by atoms with Gasteiger partial charge in [0.25, 0.3) is 0 Å². The van der Waals surface area contributed by atoms with Crippen LogP contribution in [0.5, 0.6) is 0 Å². The van der Waals surface area contributed by atoms with Gasteiger partial charge in [-0.3, -0.25) is 4.79 Å². The molecule has 0 rings (SSSR count). The zero-order chi connectivity index (χ0) is 18.6. The normalized spacial score (nSPS) is 11.2. The van der Waals surface area contributed by atoms with Crippen LogP contribution in [-0.2, 0) is 9.53 Å². The van der Waals surface area contributed by atoms with Gasteiger partial charge in [0.15, 0.2) is 0 Å². The van der Waals surface area contributed by atoms with Crippen molar-refractivity contribution >= 4 is 5.97 Å². The van der Waals surface area contributed by atoms with Gasteiger partial charge >= 0.3 is 5.97 Å². The Hall–Kier alpha value is -0.610. The Kier molecular flexibility index (Phi) is 19.2. The Morgan fingerprint density at radius 3 is 2.04 bits per heavy atom. The molecule has 0 heterocycles. The molecule has 150 valence electrons. The topological polar surface area (TPSA) is 49.8 Å². The second-order valence-corrected chi connectivity index (χ2v) is 7.02. The lowest BCUT2D eigenvalue weighted by molar-refractivity contribution is -0.143. The van der Waals surface area contributed by atoms with Crippen molar-refractivity contribution in [2.24, 2.45) is 0 Å². The zero-order valence-corrected chi connectivity index (χ0v) is 16.9. The minimum atomic E-state index is -0.0221. The van der Waals surface area contributed by atoms with E-state index in [4.69, 9.17) is 9.84 Å². The van der Waals surface area contributed by atoms with Crippen LogP contribution in [0.2, 0.25) is 0 Å². The number of hydrogen-bond donors (Lipinski definition) is 1. The molecule has 0 aliphatic heterocycles. The molecule has 0 radical (unpaired) electrons. The van der Waals surface area contributed by atoms with Gasteiger partial charge in [0.05, 0.1) is 13.2 Å². The number of rotatable bonds is 19. The molecule has 0 aromatic rings. The van der Waals surface area contributed by atoms with Crippen molar-refractivity contribution in [3.05, 3.63) is 0 Å². The van der Waals surface area contributed by atoms with E-state index in [2.05, 4.69) is 18.7 Å². The van der Waals surface area contributed by atoms with Crippen LogP contribution in [0.4, 0.5) is 0 Å². The molecule has 0 aliphatic rings. The molecule has 1 N–H and O–H groups in total. The highest BCUT2D eigenvalue weighted by Gasteiger charge is 2.03. The van der Waals surface area contributed by atoms with Crippen LogP contribution in [0.3, 0.4) is 0 Å². The van der Waals surface area contributed by atoms with E-state index in [0.29, 0.717) is 13.0 Å². The first-order valence-electron chi connectivity index (χ1n) is 10.7. The first kappa shape index (κ1) is 24.4. The fourth-order valence-corrected chi connectivity index (χ4v) is 3.02. The van der Waals surface area contributed by atoms with Gasteiger partial charge in [0, 0.05) is 13.0 Å². The molecule has 0 unspecified atom stereocenters. The van der Waals surface area contributed by atoms with E-state index in [1.54, 1.807) is 0 Å². The van der Waals surface area contributed by atoms with E-state index < -0.39 is 0 Å². The summed E-state index contributed by atoms with van der Waals surface area (Å²) in [4.78, 5) is 13.9. The van der Waals surface area contributed by atoms with Crippen LogP contribution in [0.15, 0.2) is 0 Å². The van der Waals surface area contributed by atoms with E-state index >= 15 is 0 Å². The van der Waals surface area contributed by atoms with Gasteiger partial charge in [-0.1, -0.05) is 71.6 Å². The second kappa shape index (κ2) is 19.7. The van der Waals surface area contributed by atoms with Gasteiger partial charge in [0.1, 0.15) is 0 Å². The van der Waals surface area contributed by atoms with Crippen molar-refractivity contribution in [2.75, 3.05) is 32.8 Å². The van der Waals surface area contributed by atoms with Gasteiger partial charge in [0.2, 0.25) is 0 Å². The van der Waals surface area contributed by atoms with Crippen LogP contribution in [-0.4, -0.2) is 48.8 Å². The largest absolute Gasteiger partial charge is 0.466 e. The van der Waals surface area contributed by atoms with Crippen molar-refractivity contribution in [3.63, 3.8) is 0 Å². The summed E-state index contributed by atoms with van der Waals surface area (Å²) in [6, 6.07) is 0. The summed E-state index contributed by atoms with van der Waals surface area (Å²) in [6.45, 7) is 8.06. The van der Waals surface area contributed by atoms with Crippen LogP contribution >= 0.6 is 0 Å².